The Labute approximate surface area is 114 Å². The van der Waals surface area contributed by atoms with Crippen molar-refractivity contribution >= 4 is 22.8 Å². The number of nitrogen functional groups attached to an aromatic ring is 1. The van der Waals surface area contributed by atoms with E-state index >= 15 is 0 Å². The molecule has 7 nitrogen and oxygen atoms in total. The van der Waals surface area contributed by atoms with Gasteiger partial charge in [-0.1, -0.05) is 12.2 Å². The highest BCUT2D eigenvalue weighted by molar-refractivity contribution is 6.08. The van der Waals surface area contributed by atoms with Crippen LogP contribution in [-0.4, -0.2) is 31.7 Å². The molecule has 2 aromatic rings. The monoisotopic (exact) mass is 273 g/mol. The highest BCUT2D eigenvalue weighted by Crippen LogP contribution is 2.31. The Morgan fingerprint density at radius 1 is 1.45 bits per heavy atom. The van der Waals surface area contributed by atoms with Crippen LogP contribution < -0.4 is 11.5 Å². The number of hydrogen-bond acceptors (Lipinski definition) is 5. The van der Waals surface area contributed by atoms with E-state index in [1.807, 2.05) is 10.6 Å². The summed E-state index contributed by atoms with van der Waals surface area (Å²) in [6.07, 6.45) is 5.27. The first-order valence-corrected chi connectivity index (χ1v) is 6.28. The third-order valence-corrected chi connectivity index (χ3v) is 3.47. The summed E-state index contributed by atoms with van der Waals surface area (Å²) in [6, 6.07) is -0.0747. The quantitative estimate of drug-likeness (QED) is 0.679. The molecule has 104 valence electrons. The molecule has 0 unspecified atom stereocenters. The number of hydrogen-bond donors (Lipinski definition) is 3. The molecule has 5 N–H and O–H groups in total. The van der Waals surface area contributed by atoms with Gasteiger partial charge < -0.3 is 21.1 Å². The minimum Gasteiger partial charge on any atom is -0.389 e. The Hall–Kier alpha value is -2.41. The summed E-state index contributed by atoms with van der Waals surface area (Å²) in [4.78, 5) is 20.0. The van der Waals surface area contributed by atoms with E-state index in [1.54, 1.807) is 19.2 Å². The second-order valence-corrected chi connectivity index (χ2v) is 4.92. The fraction of sp³-hybridized carbons (Fsp3) is 0.308. The molecule has 7 heteroatoms. The Balaban J connectivity index is 2.27. The third-order valence-electron chi connectivity index (χ3n) is 3.47. The van der Waals surface area contributed by atoms with Gasteiger partial charge in [0.1, 0.15) is 17.3 Å². The molecule has 20 heavy (non-hydrogen) atoms. The lowest BCUT2D eigenvalue weighted by atomic mass is 10.2. The number of amides is 1. The molecular weight excluding hydrogens is 258 g/mol. The number of nitrogens with two attached hydrogens (primary N) is 2. The van der Waals surface area contributed by atoms with Gasteiger partial charge in [-0.3, -0.25) is 4.79 Å². The summed E-state index contributed by atoms with van der Waals surface area (Å²) in [5, 5.41) is 10.1. The molecule has 0 bridgehead atoms. The molecule has 3 rings (SSSR count). The van der Waals surface area contributed by atoms with Crippen LogP contribution in [0.15, 0.2) is 18.3 Å². The number of rotatable bonds is 2. The van der Waals surface area contributed by atoms with Gasteiger partial charge in [-0.05, 0) is 6.92 Å². The number of nitrogens with zero attached hydrogens (tertiary/aromatic N) is 3. The number of carbonyl (C=O) groups is 1. The average Bonchev–Trinajstić information content (AvgIpc) is 2.92. The predicted octanol–water partition coefficient (Wildman–Crippen LogP) is 0.283. The zero-order chi connectivity index (χ0) is 14.4. The smallest absolute Gasteiger partial charge is 0.251 e. The Morgan fingerprint density at radius 2 is 2.20 bits per heavy atom. The normalized spacial score (nSPS) is 21.7. The number of aliphatic hydroxyl groups excluding tert-OH is 1. The average molecular weight is 273 g/mol. The van der Waals surface area contributed by atoms with E-state index in [4.69, 9.17) is 11.5 Å². The van der Waals surface area contributed by atoms with Crippen LogP contribution in [0.5, 0.6) is 0 Å². The summed E-state index contributed by atoms with van der Waals surface area (Å²) in [5.41, 5.74) is 12.2. The molecule has 0 fully saturated rings. The van der Waals surface area contributed by atoms with Gasteiger partial charge in [-0.25, -0.2) is 9.97 Å². The van der Waals surface area contributed by atoms with E-state index in [0.29, 0.717) is 28.8 Å². The van der Waals surface area contributed by atoms with Gasteiger partial charge >= 0.3 is 0 Å². The molecule has 0 aliphatic heterocycles. The summed E-state index contributed by atoms with van der Waals surface area (Å²) in [7, 11) is 0. The van der Waals surface area contributed by atoms with Crippen molar-refractivity contribution < 1.29 is 9.90 Å². The molecule has 1 aliphatic rings. The maximum atomic E-state index is 11.6. The second-order valence-electron chi connectivity index (χ2n) is 4.92. The molecule has 0 saturated heterocycles. The lowest BCUT2D eigenvalue weighted by molar-refractivity contribution is 0.100. The largest absolute Gasteiger partial charge is 0.389 e. The lowest BCUT2D eigenvalue weighted by Gasteiger charge is -2.12. The molecule has 1 amide bonds. The van der Waals surface area contributed by atoms with Crippen LogP contribution in [0.4, 0.5) is 5.82 Å². The van der Waals surface area contributed by atoms with E-state index < -0.39 is 12.0 Å². The Morgan fingerprint density at radius 3 is 2.80 bits per heavy atom. The Bertz CT molecular complexity index is 734. The van der Waals surface area contributed by atoms with Crippen molar-refractivity contribution in [2.45, 2.75) is 25.5 Å². The summed E-state index contributed by atoms with van der Waals surface area (Å²) < 4.78 is 1.81. The first-order chi connectivity index (χ1) is 9.47. The number of carbonyl (C=O) groups excluding carboxylic acids is 1. The highest BCUT2D eigenvalue weighted by Gasteiger charge is 2.24. The van der Waals surface area contributed by atoms with Crippen molar-refractivity contribution in [2.75, 3.05) is 5.73 Å². The third kappa shape index (κ3) is 1.83. The first kappa shape index (κ1) is 12.6. The van der Waals surface area contributed by atoms with E-state index in [2.05, 4.69) is 9.97 Å². The molecule has 0 saturated carbocycles. The molecule has 0 aromatic carbocycles. The van der Waals surface area contributed by atoms with Crippen molar-refractivity contribution in [3.8, 4) is 0 Å². The summed E-state index contributed by atoms with van der Waals surface area (Å²) in [6.45, 7) is 1.73. The van der Waals surface area contributed by atoms with E-state index in [1.165, 1.54) is 0 Å². The second kappa shape index (κ2) is 4.31. The standard InChI is InChI=1S/C13H15N5O2/c1-6-16-11(14)10-9(12(15)20)5-18(13(10)17-6)7-2-3-8(19)4-7/h2-3,5,7-8,19H,4H2,1H3,(H2,15,20)(H2,14,16,17)/t7-,8+/m0/s1. The number of aryl methyl sites for hydroxylation is 1. The minimum absolute atomic E-state index is 0.0747. The number of allylic oxidation sites excluding steroid dienone is 1. The van der Waals surface area contributed by atoms with Crippen molar-refractivity contribution in [3.05, 3.63) is 29.7 Å². The van der Waals surface area contributed by atoms with Crippen LogP contribution in [0.1, 0.15) is 28.6 Å². The van der Waals surface area contributed by atoms with Crippen LogP contribution in [0.25, 0.3) is 11.0 Å². The van der Waals surface area contributed by atoms with Gasteiger partial charge in [0, 0.05) is 12.6 Å². The summed E-state index contributed by atoms with van der Waals surface area (Å²) in [5.74, 6) is 0.186. The molecule has 1 aliphatic carbocycles. The molecule has 2 aromatic heterocycles. The van der Waals surface area contributed by atoms with Crippen molar-refractivity contribution in [2.24, 2.45) is 5.73 Å². The topological polar surface area (TPSA) is 120 Å². The van der Waals surface area contributed by atoms with E-state index in [9.17, 15) is 9.90 Å². The fourth-order valence-electron chi connectivity index (χ4n) is 2.60. The zero-order valence-corrected chi connectivity index (χ0v) is 10.9. The number of fused-ring (bicyclic) bond motifs is 1. The van der Waals surface area contributed by atoms with Gasteiger partial charge in [-0.15, -0.1) is 0 Å². The number of anilines is 1. The zero-order valence-electron chi connectivity index (χ0n) is 10.9. The van der Waals surface area contributed by atoms with Gasteiger partial charge in [-0.2, -0.15) is 0 Å². The van der Waals surface area contributed by atoms with E-state index in [0.717, 1.165) is 0 Å². The van der Waals surface area contributed by atoms with Gasteiger partial charge in [0.15, 0.2) is 0 Å². The lowest BCUT2D eigenvalue weighted by Crippen LogP contribution is -2.11. The van der Waals surface area contributed by atoms with Gasteiger partial charge in [0.25, 0.3) is 5.91 Å². The maximum absolute atomic E-state index is 11.6. The first-order valence-electron chi connectivity index (χ1n) is 6.28. The van der Waals surface area contributed by atoms with Crippen LogP contribution in [0, 0.1) is 6.92 Å². The fourth-order valence-corrected chi connectivity index (χ4v) is 2.60. The number of primary amides is 1. The number of aromatic nitrogens is 3. The molecular formula is C13H15N5O2. The predicted molar refractivity (Wildman–Crippen MR) is 74.0 cm³/mol. The molecule has 0 radical (unpaired) electrons. The van der Waals surface area contributed by atoms with Crippen LogP contribution in [-0.2, 0) is 0 Å². The molecule has 2 heterocycles. The van der Waals surface area contributed by atoms with Crippen molar-refractivity contribution in [1.29, 1.82) is 0 Å². The molecule has 0 spiro atoms. The summed E-state index contributed by atoms with van der Waals surface area (Å²) >= 11 is 0. The van der Waals surface area contributed by atoms with Crippen molar-refractivity contribution in [1.82, 2.24) is 14.5 Å². The Kier molecular flexibility index (Phi) is 2.72. The number of aliphatic hydroxyl groups is 1. The van der Waals surface area contributed by atoms with Gasteiger partial charge in [0.2, 0.25) is 0 Å². The van der Waals surface area contributed by atoms with Gasteiger partial charge in [0.05, 0.1) is 23.1 Å². The van der Waals surface area contributed by atoms with Crippen LogP contribution in [0.3, 0.4) is 0 Å². The molecule has 2 atom stereocenters. The SMILES string of the molecule is Cc1nc(N)c2c(C(N)=O)cn([C@H]3C=C[C@@H](O)C3)c2n1. The maximum Gasteiger partial charge on any atom is 0.251 e. The minimum atomic E-state index is -0.574. The van der Waals surface area contributed by atoms with Crippen LogP contribution >= 0.6 is 0 Å². The van der Waals surface area contributed by atoms with Crippen LogP contribution in [0.2, 0.25) is 0 Å². The van der Waals surface area contributed by atoms with Crippen molar-refractivity contribution in [3.63, 3.8) is 0 Å². The van der Waals surface area contributed by atoms with E-state index in [-0.39, 0.29) is 11.9 Å². The highest BCUT2D eigenvalue weighted by atomic mass is 16.3.